The summed E-state index contributed by atoms with van der Waals surface area (Å²) in [5.41, 5.74) is 0.989. The summed E-state index contributed by atoms with van der Waals surface area (Å²) in [5, 5.41) is 6.76. The van der Waals surface area contributed by atoms with Crippen LogP contribution in [0.3, 0.4) is 0 Å². The van der Waals surface area contributed by atoms with E-state index in [0.29, 0.717) is 6.54 Å². The predicted molar refractivity (Wildman–Crippen MR) is 60.9 cm³/mol. The monoisotopic (exact) mass is 195 g/mol. The van der Waals surface area contributed by atoms with Crippen molar-refractivity contribution in [2.75, 3.05) is 6.54 Å². The molecule has 0 heterocycles. The Balaban J connectivity index is 0.00000112. The third-order valence-electron chi connectivity index (χ3n) is 2.09. The Hall–Kier alpha value is -0.565. The van der Waals surface area contributed by atoms with E-state index in [-0.39, 0.29) is 37.7 Å². The molecule has 0 N–H and O–H groups in total. The maximum atomic E-state index is 4.40. The van der Waals surface area contributed by atoms with E-state index in [1.54, 1.807) is 6.08 Å². The molecule has 0 aliphatic rings. The number of hydrogen-bond acceptors (Lipinski definition) is 0. The van der Waals surface area contributed by atoms with Gasteiger partial charge in [0.25, 0.3) is 0 Å². The van der Waals surface area contributed by atoms with Crippen LogP contribution in [0.15, 0.2) is 49.1 Å². The Labute approximate surface area is 121 Å². The van der Waals surface area contributed by atoms with E-state index < -0.39 is 0 Å². The summed E-state index contributed by atoms with van der Waals surface area (Å²) >= 11 is 0. The van der Waals surface area contributed by atoms with Crippen LogP contribution in [0.25, 0.3) is 16.1 Å². The summed E-state index contributed by atoms with van der Waals surface area (Å²) in [4.78, 5) is 0. The van der Waals surface area contributed by atoms with Crippen LogP contribution in [-0.4, -0.2) is 6.54 Å². The van der Waals surface area contributed by atoms with Crippen LogP contribution < -0.4 is 37.7 Å². The number of fused-ring (bicyclic) bond motifs is 1. The Morgan fingerprint density at radius 3 is 2.69 bits per heavy atom. The van der Waals surface area contributed by atoms with Crippen molar-refractivity contribution in [3.8, 4) is 0 Å². The summed E-state index contributed by atoms with van der Waals surface area (Å²) in [6.45, 7) is 4.31. The number of rotatable bonds is 3. The summed E-state index contributed by atoms with van der Waals surface area (Å²) in [5.74, 6) is 0. The quantitative estimate of drug-likeness (QED) is 0.301. The van der Waals surface area contributed by atoms with Gasteiger partial charge in [0, 0.05) is 0 Å². The maximum absolute atomic E-state index is 4.40. The van der Waals surface area contributed by atoms with E-state index in [0.717, 1.165) is 5.69 Å². The van der Waals surface area contributed by atoms with Crippen molar-refractivity contribution in [3.05, 3.63) is 60.4 Å². The molecular weight excluding hydrogens is 184 g/mol. The first kappa shape index (κ1) is 15.4. The molecule has 0 aromatic heterocycles. The molecule has 0 saturated carbocycles. The molecule has 0 saturated heterocycles. The molecule has 0 bridgehead atoms. The molecule has 2 aromatic carbocycles. The fourth-order valence-corrected chi connectivity index (χ4v) is 1.44. The van der Waals surface area contributed by atoms with Crippen LogP contribution in [0.1, 0.15) is 0 Å². The zero-order valence-corrected chi connectivity index (χ0v) is 9.90. The molecule has 0 spiro atoms. The van der Waals surface area contributed by atoms with Gasteiger partial charge in [-0.05, 0) is 0 Å². The molecule has 16 heavy (non-hydrogen) atoms. The van der Waals surface area contributed by atoms with Crippen molar-refractivity contribution in [3.63, 3.8) is 0 Å². The fraction of sp³-hybridized carbons (Fsp3) is 0.0769. The van der Waals surface area contributed by atoms with E-state index in [4.69, 9.17) is 0 Å². The van der Waals surface area contributed by atoms with Gasteiger partial charge in [0.15, 0.2) is 0 Å². The molecule has 0 atom stereocenters. The van der Waals surface area contributed by atoms with Gasteiger partial charge in [0.2, 0.25) is 0 Å². The average Bonchev–Trinajstić information content (AvgIpc) is 2.26. The van der Waals surface area contributed by atoms with Gasteiger partial charge in [-0.15, -0.1) is 36.0 Å². The van der Waals surface area contributed by atoms with Crippen molar-refractivity contribution >= 4 is 16.5 Å². The largest absolute Gasteiger partial charge is 1.00 e. The standard InChI is InChI=1S/C13H11N.2Li/c1-2-10-14-13-9-5-7-11-6-3-4-8-12(11)13;;/h2-4,6-9H,1,10H2;;/q-2;2*+1. The molecule has 0 radical (unpaired) electrons. The third kappa shape index (κ3) is 3.48. The molecule has 70 valence electrons. The van der Waals surface area contributed by atoms with Crippen LogP contribution >= 0.6 is 0 Å². The molecule has 0 fully saturated rings. The molecule has 3 heteroatoms. The summed E-state index contributed by atoms with van der Waals surface area (Å²) in [6, 6.07) is 15.2. The second-order valence-electron chi connectivity index (χ2n) is 3.06. The van der Waals surface area contributed by atoms with Crippen LogP contribution in [0, 0.1) is 6.07 Å². The first-order chi connectivity index (χ1) is 6.92. The third-order valence-corrected chi connectivity index (χ3v) is 2.09. The van der Waals surface area contributed by atoms with Gasteiger partial charge in [-0.1, -0.05) is 18.2 Å². The normalized spacial score (nSPS) is 8.75. The molecule has 0 amide bonds. The Morgan fingerprint density at radius 1 is 1.19 bits per heavy atom. The second-order valence-corrected chi connectivity index (χ2v) is 3.06. The zero-order chi connectivity index (χ0) is 9.80. The van der Waals surface area contributed by atoms with Crippen LogP contribution in [0.2, 0.25) is 0 Å². The topological polar surface area (TPSA) is 14.1 Å². The molecule has 0 aliphatic heterocycles. The van der Waals surface area contributed by atoms with E-state index in [1.165, 1.54) is 10.8 Å². The molecule has 0 unspecified atom stereocenters. The van der Waals surface area contributed by atoms with Crippen LogP contribution in [0.4, 0.5) is 5.69 Å². The van der Waals surface area contributed by atoms with Gasteiger partial charge in [0.05, 0.1) is 0 Å². The minimum Gasteiger partial charge on any atom is -0.739 e. The van der Waals surface area contributed by atoms with Crippen molar-refractivity contribution in [2.24, 2.45) is 0 Å². The minimum atomic E-state index is 0. The predicted octanol–water partition coefficient (Wildman–Crippen LogP) is -2.16. The van der Waals surface area contributed by atoms with Crippen LogP contribution in [-0.2, 0) is 0 Å². The Bertz CT molecular complexity index is 449. The fourth-order valence-electron chi connectivity index (χ4n) is 1.44. The van der Waals surface area contributed by atoms with Gasteiger partial charge in [0.1, 0.15) is 0 Å². The molecule has 1 nitrogen and oxygen atoms in total. The summed E-state index contributed by atoms with van der Waals surface area (Å²) in [6.07, 6.45) is 1.79. The first-order valence-electron chi connectivity index (χ1n) is 4.59. The van der Waals surface area contributed by atoms with Crippen molar-refractivity contribution in [2.45, 2.75) is 0 Å². The van der Waals surface area contributed by atoms with Gasteiger partial charge < -0.3 is 5.32 Å². The van der Waals surface area contributed by atoms with Crippen molar-refractivity contribution in [1.29, 1.82) is 0 Å². The van der Waals surface area contributed by atoms with Gasteiger partial charge in [-0.3, -0.25) is 5.69 Å². The zero-order valence-electron chi connectivity index (χ0n) is 9.90. The summed E-state index contributed by atoms with van der Waals surface area (Å²) in [7, 11) is 0. The van der Waals surface area contributed by atoms with Crippen molar-refractivity contribution in [1.82, 2.24) is 0 Å². The average molecular weight is 195 g/mol. The molecule has 2 aromatic rings. The minimum absolute atomic E-state index is 0. The van der Waals surface area contributed by atoms with E-state index >= 15 is 0 Å². The second kappa shape index (κ2) is 7.67. The van der Waals surface area contributed by atoms with Gasteiger partial charge in [-0.2, -0.15) is 18.2 Å². The van der Waals surface area contributed by atoms with Crippen molar-refractivity contribution < 1.29 is 37.7 Å². The molecule has 0 aliphatic carbocycles. The SMILES string of the molecule is C=CC[N-]c1c[c-]cc2ccccc12.[Li+].[Li+]. The number of hydrogen-bond donors (Lipinski definition) is 0. The molecule has 2 rings (SSSR count). The van der Waals surface area contributed by atoms with Crippen LogP contribution in [0.5, 0.6) is 0 Å². The smallest absolute Gasteiger partial charge is 0.739 e. The van der Waals surface area contributed by atoms with E-state index in [9.17, 15) is 0 Å². The summed E-state index contributed by atoms with van der Waals surface area (Å²) < 4.78 is 0. The Morgan fingerprint density at radius 2 is 1.94 bits per heavy atom. The van der Waals surface area contributed by atoms with E-state index in [2.05, 4.69) is 30.1 Å². The Kier molecular flexibility index (Phi) is 7.40. The number of benzene rings is 2. The first-order valence-corrected chi connectivity index (χ1v) is 4.59. The maximum Gasteiger partial charge on any atom is 1.00 e. The molecular formula is C13H11Li2N. The van der Waals surface area contributed by atoms with Gasteiger partial charge >= 0.3 is 37.7 Å². The number of nitrogens with zero attached hydrogens (tertiary/aromatic N) is 1. The van der Waals surface area contributed by atoms with Gasteiger partial charge in [-0.25, -0.2) is 0 Å². The van der Waals surface area contributed by atoms with E-state index in [1.807, 2.05) is 24.3 Å².